The van der Waals surface area contributed by atoms with Gasteiger partial charge in [0.15, 0.2) is 6.79 Å². The molecular weight excluding hydrogens is 140 g/mol. The molecule has 0 saturated carbocycles. The lowest BCUT2D eigenvalue weighted by atomic mass is 10.4. The van der Waals surface area contributed by atoms with Gasteiger partial charge in [-0.05, 0) is 19.1 Å². The Morgan fingerprint density at radius 3 is 2.73 bits per heavy atom. The normalized spacial score (nSPS) is 12.0. The zero-order valence-corrected chi connectivity index (χ0v) is 7.04. The van der Waals surface area contributed by atoms with Gasteiger partial charge in [0.05, 0.1) is 0 Å². The molecule has 0 rings (SSSR count). The molecule has 0 unspecified atom stereocenters. The van der Waals surface area contributed by atoms with Gasteiger partial charge in [-0.25, -0.2) is 0 Å². The second-order valence-corrected chi connectivity index (χ2v) is 1.85. The summed E-state index contributed by atoms with van der Waals surface area (Å²) in [6, 6.07) is 0. The molecule has 0 fully saturated rings. The number of hydrogen-bond donors (Lipinski definition) is 0. The fourth-order valence-electron chi connectivity index (χ4n) is 0.493. The Morgan fingerprint density at radius 2 is 2.27 bits per heavy atom. The number of allylic oxidation sites excluding steroid dienone is 4. The lowest BCUT2D eigenvalue weighted by Crippen LogP contribution is -1.93. The molecule has 2 nitrogen and oxygen atoms in total. The van der Waals surface area contributed by atoms with E-state index >= 15 is 0 Å². The maximum absolute atomic E-state index is 5.11. The lowest BCUT2D eigenvalue weighted by Gasteiger charge is -2.02. The largest absolute Gasteiger partial charge is 0.468 e. The minimum Gasteiger partial charge on any atom is -0.468 e. The van der Waals surface area contributed by atoms with Crippen molar-refractivity contribution in [3.05, 3.63) is 36.6 Å². The van der Waals surface area contributed by atoms with Gasteiger partial charge < -0.3 is 9.47 Å². The van der Waals surface area contributed by atoms with Crippen LogP contribution in [0.4, 0.5) is 0 Å². The molecule has 0 aliphatic carbocycles. The third kappa shape index (κ3) is 5.43. The summed E-state index contributed by atoms with van der Waals surface area (Å²) in [7, 11) is 1.58. The van der Waals surface area contributed by atoms with Gasteiger partial charge in [-0.3, -0.25) is 0 Å². The van der Waals surface area contributed by atoms with Crippen LogP contribution in [0.2, 0.25) is 0 Å². The molecule has 11 heavy (non-hydrogen) atoms. The van der Waals surface area contributed by atoms with Gasteiger partial charge in [0.2, 0.25) is 0 Å². The van der Waals surface area contributed by atoms with E-state index in [1.165, 1.54) is 0 Å². The molecular formula is C9H14O2. The highest BCUT2D eigenvalue weighted by molar-refractivity contribution is 5.15. The molecule has 0 radical (unpaired) electrons. The molecule has 0 N–H and O–H groups in total. The zero-order chi connectivity index (χ0) is 8.53. The second-order valence-electron chi connectivity index (χ2n) is 1.85. The van der Waals surface area contributed by atoms with Crippen LogP contribution in [-0.2, 0) is 9.47 Å². The number of methoxy groups -OCH3 is 1. The molecule has 0 aromatic rings. The van der Waals surface area contributed by atoms with Crippen LogP contribution in [0.3, 0.4) is 0 Å². The molecule has 0 spiro atoms. The van der Waals surface area contributed by atoms with E-state index in [9.17, 15) is 0 Å². The van der Waals surface area contributed by atoms with Crippen molar-refractivity contribution in [2.75, 3.05) is 13.9 Å². The Kier molecular flexibility index (Phi) is 6.43. The summed E-state index contributed by atoms with van der Waals surface area (Å²) in [5.74, 6) is 0.713. The summed E-state index contributed by atoms with van der Waals surface area (Å²) < 4.78 is 9.83. The van der Waals surface area contributed by atoms with Crippen LogP contribution < -0.4 is 0 Å². The molecule has 0 atom stereocenters. The van der Waals surface area contributed by atoms with Crippen molar-refractivity contribution < 1.29 is 9.47 Å². The van der Waals surface area contributed by atoms with E-state index in [0.717, 1.165) is 0 Å². The van der Waals surface area contributed by atoms with E-state index in [4.69, 9.17) is 9.47 Å². The maximum atomic E-state index is 5.11. The predicted octanol–water partition coefficient (Wildman–Crippen LogP) is 2.25. The molecule has 0 saturated heterocycles. The second kappa shape index (κ2) is 7.09. The summed E-state index contributed by atoms with van der Waals surface area (Å²) in [6.45, 7) is 5.78. The van der Waals surface area contributed by atoms with Gasteiger partial charge in [-0.1, -0.05) is 18.7 Å². The summed E-state index contributed by atoms with van der Waals surface area (Å²) in [5.41, 5.74) is 0. The Bertz CT molecular complexity index is 157. The monoisotopic (exact) mass is 154 g/mol. The summed E-state index contributed by atoms with van der Waals surface area (Å²) >= 11 is 0. The first-order valence-electron chi connectivity index (χ1n) is 3.42. The molecule has 62 valence electrons. The molecule has 0 bridgehead atoms. The van der Waals surface area contributed by atoms with Gasteiger partial charge in [-0.15, -0.1) is 0 Å². The summed E-state index contributed by atoms with van der Waals surface area (Å²) in [6.07, 6.45) is 7.26. The average molecular weight is 154 g/mol. The Hall–Kier alpha value is -1.02. The molecule has 0 aliphatic rings. The lowest BCUT2D eigenvalue weighted by molar-refractivity contribution is 0.0102. The number of hydrogen-bond acceptors (Lipinski definition) is 2. The highest BCUT2D eigenvalue weighted by Crippen LogP contribution is 1.98. The SMILES string of the molecule is C=C/C(=C\C=C/C)OCOC. The summed E-state index contributed by atoms with van der Waals surface area (Å²) in [5, 5.41) is 0. The van der Waals surface area contributed by atoms with Crippen molar-refractivity contribution >= 4 is 0 Å². The minimum atomic E-state index is 0.259. The molecule has 0 aromatic heterocycles. The van der Waals surface area contributed by atoms with Crippen LogP contribution in [0, 0.1) is 0 Å². The maximum Gasteiger partial charge on any atom is 0.188 e. The van der Waals surface area contributed by atoms with E-state index in [1.54, 1.807) is 13.2 Å². The Balaban J connectivity index is 3.83. The van der Waals surface area contributed by atoms with Crippen LogP contribution in [-0.4, -0.2) is 13.9 Å². The van der Waals surface area contributed by atoms with E-state index in [1.807, 2.05) is 25.2 Å². The standard InChI is InChI=1S/C9H14O2/c1-4-6-7-9(5-2)11-8-10-3/h4-7H,2,8H2,1,3H3/b6-4-,9-7+. The Labute approximate surface area is 67.8 Å². The van der Waals surface area contributed by atoms with Crippen LogP contribution in [0.1, 0.15) is 6.92 Å². The van der Waals surface area contributed by atoms with Crippen molar-refractivity contribution in [2.45, 2.75) is 6.92 Å². The smallest absolute Gasteiger partial charge is 0.188 e. The highest BCUT2D eigenvalue weighted by atomic mass is 16.7. The van der Waals surface area contributed by atoms with Crippen molar-refractivity contribution in [3.63, 3.8) is 0 Å². The van der Waals surface area contributed by atoms with Crippen LogP contribution in [0.15, 0.2) is 36.6 Å². The zero-order valence-electron chi connectivity index (χ0n) is 7.04. The van der Waals surface area contributed by atoms with E-state index in [-0.39, 0.29) is 6.79 Å². The minimum absolute atomic E-state index is 0.259. The van der Waals surface area contributed by atoms with Gasteiger partial charge in [-0.2, -0.15) is 0 Å². The first-order chi connectivity index (χ1) is 5.35. The highest BCUT2D eigenvalue weighted by Gasteiger charge is 1.86. The van der Waals surface area contributed by atoms with Crippen LogP contribution >= 0.6 is 0 Å². The fourth-order valence-corrected chi connectivity index (χ4v) is 0.493. The number of rotatable bonds is 5. The molecule has 2 heteroatoms. The Morgan fingerprint density at radius 1 is 1.55 bits per heavy atom. The van der Waals surface area contributed by atoms with Crippen molar-refractivity contribution in [2.24, 2.45) is 0 Å². The van der Waals surface area contributed by atoms with Crippen LogP contribution in [0.5, 0.6) is 0 Å². The molecule has 0 heterocycles. The number of ether oxygens (including phenoxy) is 2. The van der Waals surface area contributed by atoms with Crippen molar-refractivity contribution in [3.8, 4) is 0 Å². The van der Waals surface area contributed by atoms with Gasteiger partial charge >= 0.3 is 0 Å². The van der Waals surface area contributed by atoms with Gasteiger partial charge in [0.25, 0.3) is 0 Å². The molecule has 0 aromatic carbocycles. The van der Waals surface area contributed by atoms with E-state index < -0.39 is 0 Å². The predicted molar refractivity (Wildman–Crippen MR) is 46.1 cm³/mol. The average Bonchev–Trinajstić information content (AvgIpc) is 2.05. The first kappa shape index (κ1) is 9.98. The van der Waals surface area contributed by atoms with Crippen LogP contribution in [0.25, 0.3) is 0 Å². The van der Waals surface area contributed by atoms with Gasteiger partial charge in [0, 0.05) is 7.11 Å². The third-order valence-electron chi connectivity index (χ3n) is 0.998. The van der Waals surface area contributed by atoms with Crippen molar-refractivity contribution in [1.29, 1.82) is 0 Å². The van der Waals surface area contributed by atoms with Gasteiger partial charge in [0.1, 0.15) is 5.76 Å². The van der Waals surface area contributed by atoms with Crippen molar-refractivity contribution in [1.82, 2.24) is 0 Å². The van der Waals surface area contributed by atoms with E-state index in [2.05, 4.69) is 6.58 Å². The first-order valence-corrected chi connectivity index (χ1v) is 3.42. The fraction of sp³-hybridized carbons (Fsp3) is 0.333. The molecule has 0 amide bonds. The van der Waals surface area contributed by atoms with E-state index in [0.29, 0.717) is 5.76 Å². The quantitative estimate of drug-likeness (QED) is 0.343. The third-order valence-corrected chi connectivity index (χ3v) is 0.998. The molecule has 0 aliphatic heterocycles. The topological polar surface area (TPSA) is 18.5 Å². The summed E-state index contributed by atoms with van der Waals surface area (Å²) in [4.78, 5) is 0.